The van der Waals surface area contributed by atoms with Crippen molar-refractivity contribution in [2.24, 2.45) is 5.92 Å². The topological polar surface area (TPSA) is 93.2 Å². The van der Waals surface area contributed by atoms with Gasteiger partial charge in [0.05, 0.1) is 6.61 Å². The molecule has 2 unspecified atom stereocenters. The van der Waals surface area contributed by atoms with Gasteiger partial charge in [0.2, 0.25) is 0 Å². The molecule has 174 valence electrons. The summed E-state index contributed by atoms with van der Waals surface area (Å²) in [6, 6.07) is 11.7. The molecule has 1 aliphatic rings. The third-order valence-electron chi connectivity index (χ3n) is 5.45. The first-order valence-electron chi connectivity index (χ1n) is 10.2. The average molecular weight is 495 g/mol. The van der Waals surface area contributed by atoms with E-state index >= 15 is 0 Å². The number of nitrogens with one attached hydrogen (secondary N) is 2. The second-order valence-corrected chi connectivity index (χ2v) is 9.74. The van der Waals surface area contributed by atoms with E-state index in [4.69, 9.17) is 16.3 Å². The number of piperidine rings is 1. The largest absolute Gasteiger partial charge is 0.490 e. The van der Waals surface area contributed by atoms with E-state index in [0.29, 0.717) is 17.6 Å². The number of halogens is 3. The van der Waals surface area contributed by atoms with E-state index in [1.807, 2.05) is 24.3 Å². The third kappa shape index (κ3) is 5.58. The number of hydrogen-bond donors (Lipinski definition) is 2. The Morgan fingerprint density at radius 1 is 1.15 bits per heavy atom. The van der Waals surface area contributed by atoms with Gasteiger partial charge in [0.25, 0.3) is 10.0 Å². The number of nitrogens with zero attached hydrogens (tertiary/aromatic N) is 2. The molecule has 2 N–H and O–H groups in total. The molecule has 4 rings (SSSR count). The molecule has 11 heteroatoms. The summed E-state index contributed by atoms with van der Waals surface area (Å²) in [4.78, 5) is -0.851. The fourth-order valence-electron chi connectivity index (χ4n) is 3.82. The van der Waals surface area contributed by atoms with Gasteiger partial charge in [-0.25, -0.2) is 17.2 Å². The quantitative estimate of drug-likeness (QED) is 0.516. The van der Waals surface area contributed by atoms with Crippen molar-refractivity contribution in [3.63, 3.8) is 0 Å². The van der Waals surface area contributed by atoms with Crippen LogP contribution in [0.3, 0.4) is 0 Å². The van der Waals surface area contributed by atoms with Crippen LogP contribution in [0.1, 0.15) is 17.9 Å². The first-order valence-corrected chi connectivity index (χ1v) is 12.1. The molecular formula is C22H21ClF2N4O3S. The zero-order valence-corrected chi connectivity index (χ0v) is 18.9. The summed E-state index contributed by atoms with van der Waals surface area (Å²) in [5, 5.41) is 11.1. The molecular weight excluding hydrogens is 474 g/mol. The molecule has 3 aromatic rings. The van der Waals surface area contributed by atoms with E-state index in [9.17, 15) is 17.2 Å². The number of sulfonamides is 1. The van der Waals surface area contributed by atoms with Crippen molar-refractivity contribution in [1.82, 2.24) is 15.5 Å². The van der Waals surface area contributed by atoms with E-state index < -0.39 is 26.6 Å². The highest BCUT2D eigenvalue weighted by Crippen LogP contribution is 2.33. The van der Waals surface area contributed by atoms with Crippen molar-refractivity contribution in [3.05, 3.63) is 76.9 Å². The first kappa shape index (κ1) is 23.3. The maximum absolute atomic E-state index is 14.7. The predicted octanol–water partition coefficient (Wildman–Crippen LogP) is 3.98. The van der Waals surface area contributed by atoms with Gasteiger partial charge in [-0.05, 0) is 48.7 Å². The van der Waals surface area contributed by atoms with Crippen LogP contribution >= 0.6 is 11.6 Å². The van der Waals surface area contributed by atoms with Crippen molar-refractivity contribution in [2.75, 3.05) is 24.4 Å². The fourth-order valence-corrected chi connectivity index (χ4v) is 5.01. The Hall–Kier alpha value is -2.82. The van der Waals surface area contributed by atoms with Crippen LogP contribution < -0.4 is 14.8 Å². The molecule has 2 aromatic carbocycles. The third-order valence-corrected chi connectivity index (χ3v) is 7.07. The lowest BCUT2D eigenvalue weighted by atomic mass is 9.81. The Kier molecular flexibility index (Phi) is 7.06. The zero-order valence-electron chi connectivity index (χ0n) is 17.3. The van der Waals surface area contributed by atoms with Crippen LogP contribution in [-0.2, 0) is 10.0 Å². The molecule has 1 fully saturated rings. The lowest BCUT2D eigenvalue weighted by Gasteiger charge is -2.32. The van der Waals surface area contributed by atoms with Gasteiger partial charge in [0.15, 0.2) is 17.4 Å². The molecule has 33 heavy (non-hydrogen) atoms. The maximum atomic E-state index is 14.7. The molecule has 2 atom stereocenters. The average Bonchev–Trinajstić information content (AvgIpc) is 2.80. The van der Waals surface area contributed by atoms with Crippen LogP contribution in [0.2, 0.25) is 5.02 Å². The highest BCUT2D eigenvalue weighted by Gasteiger charge is 2.28. The van der Waals surface area contributed by atoms with Crippen molar-refractivity contribution >= 4 is 27.4 Å². The standard InChI is InChI=1S/C22H21ClF2N4O3S/c23-16-5-3-14(4-6-16)17-7-9-26-12-15(17)13-32-20-10-19(25)21(11-18(20)24)33(30,31)29-22-2-1-8-27-28-22/h1-6,8,10-11,15,17,26H,7,9,12-13H2,(H,28,29). The minimum atomic E-state index is -4.41. The van der Waals surface area contributed by atoms with Crippen molar-refractivity contribution < 1.29 is 21.9 Å². The molecule has 7 nitrogen and oxygen atoms in total. The van der Waals surface area contributed by atoms with Crippen molar-refractivity contribution in [2.45, 2.75) is 17.2 Å². The number of hydrogen-bond acceptors (Lipinski definition) is 6. The van der Waals surface area contributed by atoms with Crippen molar-refractivity contribution in [3.8, 4) is 5.75 Å². The Bertz CT molecular complexity index is 1210. The normalized spacial score (nSPS) is 18.6. The summed E-state index contributed by atoms with van der Waals surface area (Å²) in [7, 11) is -4.41. The molecule has 1 aliphatic heterocycles. The monoisotopic (exact) mass is 494 g/mol. The second kappa shape index (κ2) is 9.98. The van der Waals surface area contributed by atoms with E-state index in [-0.39, 0.29) is 30.0 Å². The Morgan fingerprint density at radius 2 is 1.94 bits per heavy atom. The van der Waals surface area contributed by atoms with Gasteiger partial charge in [-0.2, -0.15) is 5.10 Å². The number of rotatable bonds is 7. The number of ether oxygens (including phenoxy) is 1. The van der Waals surface area contributed by atoms with Gasteiger partial charge in [0, 0.05) is 35.8 Å². The summed E-state index contributed by atoms with van der Waals surface area (Å²) in [6.07, 6.45) is 2.21. The smallest absolute Gasteiger partial charge is 0.266 e. The van der Waals surface area contributed by atoms with E-state index in [1.54, 1.807) is 0 Å². The van der Waals surface area contributed by atoms with Crippen LogP contribution in [0.4, 0.5) is 14.6 Å². The minimum absolute atomic E-state index is 0.00381. The molecule has 0 bridgehead atoms. The number of aromatic nitrogens is 2. The van der Waals surface area contributed by atoms with Gasteiger partial charge in [0.1, 0.15) is 10.7 Å². The summed E-state index contributed by atoms with van der Waals surface area (Å²) < 4.78 is 61.9. The summed E-state index contributed by atoms with van der Waals surface area (Å²) in [5.41, 5.74) is 1.10. The highest BCUT2D eigenvalue weighted by molar-refractivity contribution is 7.92. The van der Waals surface area contributed by atoms with Crippen LogP contribution in [0, 0.1) is 17.6 Å². The zero-order chi connectivity index (χ0) is 23.4. The van der Waals surface area contributed by atoms with Gasteiger partial charge >= 0.3 is 0 Å². The number of anilines is 1. The van der Waals surface area contributed by atoms with Gasteiger partial charge in [-0.15, -0.1) is 5.10 Å². The molecule has 1 aromatic heterocycles. The Balaban J connectivity index is 1.49. The second-order valence-electron chi connectivity index (χ2n) is 7.65. The SMILES string of the molecule is O=S(=O)(Nc1cccnn1)c1cc(F)c(OCC2CNCCC2c2ccc(Cl)cc2)cc1F. The fraction of sp³-hybridized carbons (Fsp3) is 0.273. The van der Waals surface area contributed by atoms with Gasteiger partial charge < -0.3 is 10.1 Å². The van der Waals surface area contributed by atoms with Crippen LogP contribution in [0.25, 0.3) is 0 Å². The summed E-state index contributed by atoms with van der Waals surface area (Å²) in [5.74, 6) is -2.43. The number of benzene rings is 2. The molecule has 1 saturated heterocycles. The molecule has 2 heterocycles. The minimum Gasteiger partial charge on any atom is -0.490 e. The molecule has 0 aliphatic carbocycles. The van der Waals surface area contributed by atoms with Crippen molar-refractivity contribution in [1.29, 1.82) is 0 Å². The molecule has 0 saturated carbocycles. The molecule has 0 amide bonds. The van der Waals surface area contributed by atoms with E-state index in [2.05, 4.69) is 20.2 Å². The summed E-state index contributed by atoms with van der Waals surface area (Å²) >= 11 is 5.98. The van der Waals surface area contributed by atoms with Gasteiger partial charge in [-0.1, -0.05) is 23.7 Å². The predicted molar refractivity (Wildman–Crippen MR) is 120 cm³/mol. The van der Waals surface area contributed by atoms with Crippen LogP contribution in [-0.4, -0.2) is 38.3 Å². The van der Waals surface area contributed by atoms with Crippen LogP contribution in [0.15, 0.2) is 59.6 Å². The van der Waals surface area contributed by atoms with Crippen LogP contribution in [0.5, 0.6) is 5.75 Å². The van der Waals surface area contributed by atoms with E-state index in [0.717, 1.165) is 24.6 Å². The molecule has 0 spiro atoms. The van der Waals surface area contributed by atoms with Gasteiger partial charge in [-0.3, -0.25) is 4.72 Å². The first-order chi connectivity index (χ1) is 15.8. The summed E-state index contributed by atoms with van der Waals surface area (Å²) in [6.45, 7) is 1.60. The van der Waals surface area contributed by atoms with E-state index in [1.165, 1.54) is 18.3 Å². The lowest BCUT2D eigenvalue weighted by molar-refractivity contribution is 0.190. The highest BCUT2D eigenvalue weighted by atomic mass is 35.5. The Morgan fingerprint density at radius 3 is 2.67 bits per heavy atom. The molecule has 0 radical (unpaired) electrons. The lowest BCUT2D eigenvalue weighted by Crippen LogP contribution is -2.38. The maximum Gasteiger partial charge on any atom is 0.266 e. The Labute approximate surface area is 195 Å².